The van der Waals surface area contributed by atoms with Crippen LogP contribution in [0.3, 0.4) is 0 Å². The molecular weight excluding hydrogens is 358 g/mol. The Morgan fingerprint density at radius 1 is 1.42 bits per heavy atom. The number of benzene rings is 1. The van der Waals surface area contributed by atoms with Crippen LogP contribution >= 0.6 is 11.3 Å². The topological polar surface area (TPSA) is 113 Å². The predicted molar refractivity (Wildman–Crippen MR) is 95.7 cm³/mol. The second kappa shape index (κ2) is 8.75. The van der Waals surface area contributed by atoms with Crippen molar-refractivity contribution in [2.45, 2.75) is 19.1 Å². The second-order valence-electron chi connectivity index (χ2n) is 5.69. The molecule has 138 valence electrons. The lowest BCUT2D eigenvalue weighted by Crippen LogP contribution is -2.23. The van der Waals surface area contributed by atoms with Gasteiger partial charge >= 0.3 is 6.09 Å². The Labute approximate surface area is 154 Å². The summed E-state index contributed by atoms with van der Waals surface area (Å²) in [5.41, 5.74) is 7.54. The van der Waals surface area contributed by atoms with Crippen LogP contribution in [0.5, 0.6) is 0 Å². The van der Waals surface area contributed by atoms with Crippen LogP contribution < -0.4 is 11.1 Å². The molecule has 26 heavy (non-hydrogen) atoms. The first-order valence-corrected chi connectivity index (χ1v) is 8.94. The summed E-state index contributed by atoms with van der Waals surface area (Å²) < 4.78 is 15.6. The van der Waals surface area contributed by atoms with Crippen LogP contribution in [0.2, 0.25) is 0 Å². The molecule has 1 aromatic carbocycles. The first-order chi connectivity index (χ1) is 12.6. The summed E-state index contributed by atoms with van der Waals surface area (Å²) in [5.74, 6) is -0.495. The van der Waals surface area contributed by atoms with Crippen molar-refractivity contribution in [3.05, 3.63) is 35.2 Å². The molecule has 1 aromatic heterocycles. The van der Waals surface area contributed by atoms with E-state index in [1.54, 1.807) is 0 Å². The summed E-state index contributed by atoms with van der Waals surface area (Å²) in [7, 11) is 0. The third-order valence-electron chi connectivity index (χ3n) is 3.69. The third kappa shape index (κ3) is 5.25. The van der Waals surface area contributed by atoms with Gasteiger partial charge in [0, 0.05) is 17.6 Å². The zero-order valence-electron chi connectivity index (χ0n) is 14.0. The maximum Gasteiger partial charge on any atom is 0.405 e. The average Bonchev–Trinajstić information content (AvgIpc) is 3.30. The van der Waals surface area contributed by atoms with E-state index in [1.165, 1.54) is 11.3 Å². The van der Waals surface area contributed by atoms with Crippen molar-refractivity contribution in [3.8, 4) is 11.3 Å². The standard InChI is InChI=1S/C17H19N3O5S/c18-16(22)25-9-15(21)20-17-19-14(10-26-17)12-3-1-2-11(6-12)7-24-13-4-5-23-8-13/h1-3,6,10,13H,4-5,7-9H2,(H2,18,22)(H,19,20,21). The molecule has 3 N–H and O–H groups in total. The van der Waals surface area contributed by atoms with E-state index < -0.39 is 18.6 Å². The minimum Gasteiger partial charge on any atom is -0.440 e. The van der Waals surface area contributed by atoms with Crippen LogP contribution in [-0.2, 0) is 25.6 Å². The number of carbonyl (C=O) groups excluding carboxylic acids is 2. The number of thiazole rings is 1. The molecule has 1 atom stereocenters. The minimum atomic E-state index is -0.997. The van der Waals surface area contributed by atoms with Gasteiger partial charge in [-0.15, -0.1) is 11.3 Å². The number of ether oxygens (including phenoxy) is 3. The molecule has 2 heterocycles. The van der Waals surface area contributed by atoms with Gasteiger partial charge in [-0.1, -0.05) is 18.2 Å². The molecule has 0 radical (unpaired) electrons. The van der Waals surface area contributed by atoms with Crippen molar-refractivity contribution < 1.29 is 23.8 Å². The van der Waals surface area contributed by atoms with E-state index in [9.17, 15) is 9.59 Å². The summed E-state index contributed by atoms with van der Waals surface area (Å²) in [4.78, 5) is 26.5. The van der Waals surface area contributed by atoms with E-state index in [4.69, 9.17) is 15.2 Å². The van der Waals surface area contributed by atoms with Gasteiger partial charge in [0.15, 0.2) is 11.7 Å². The minimum absolute atomic E-state index is 0.155. The molecule has 2 amide bonds. The first-order valence-electron chi connectivity index (χ1n) is 8.06. The van der Waals surface area contributed by atoms with Gasteiger partial charge in [-0.2, -0.15) is 0 Å². The number of anilines is 1. The Balaban J connectivity index is 1.58. The molecule has 1 unspecified atom stereocenters. The molecule has 0 bridgehead atoms. The van der Waals surface area contributed by atoms with Crippen molar-refractivity contribution in [1.29, 1.82) is 0 Å². The molecule has 1 fully saturated rings. The number of rotatable bonds is 7. The lowest BCUT2D eigenvalue weighted by Gasteiger charge is -2.10. The number of nitrogens with zero attached hydrogens (tertiary/aromatic N) is 1. The van der Waals surface area contributed by atoms with E-state index in [2.05, 4.69) is 15.0 Å². The fourth-order valence-electron chi connectivity index (χ4n) is 2.43. The predicted octanol–water partition coefficient (Wildman–Crippen LogP) is 2.15. The van der Waals surface area contributed by atoms with Crippen molar-refractivity contribution in [1.82, 2.24) is 4.98 Å². The average molecular weight is 377 g/mol. The lowest BCUT2D eigenvalue weighted by atomic mass is 10.1. The number of nitrogens with two attached hydrogens (primary N) is 1. The fourth-order valence-corrected chi connectivity index (χ4v) is 3.17. The molecule has 0 saturated carbocycles. The van der Waals surface area contributed by atoms with Crippen LogP contribution in [0.1, 0.15) is 12.0 Å². The summed E-state index contributed by atoms with van der Waals surface area (Å²) in [6.45, 7) is 1.47. The summed E-state index contributed by atoms with van der Waals surface area (Å²) in [6.07, 6.45) is 0.0828. The third-order valence-corrected chi connectivity index (χ3v) is 4.45. The number of hydrogen-bond donors (Lipinski definition) is 2. The molecule has 3 rings (SSSR count). The summed E-state index contributed by atoms with van der Waals surface area (Å²) >= 11 is 1.28. The highest BCUT2D eigenvalue weighted by molar-refractivity contribution is 7.14. The molecule has 1 saturated heterocycles. The monoisotopic (exact) mass is 377 g/mol. The van der Waals surface area contributed by atoms with E-state index in [0.717, 1.165) is 29.8 Å². The van der Waals surface area contributed by atoms with Gasteiger partial charge < -0.3 is 19.9 Å². The van der Waals surface area contributed by atoms with Crippen molar-refractivity contribution in [3.63, 3.8) is 0 Å². The van der Waals surface area contributed by atoms with Crippen molar-refractivity contribution in [2.75, 3.05) is 25.1 Å². The van der Waals surface area contributed by atoms with Gasteiger partial charge in [0.05, 0.1) is 25.0 Å². The maximum atomic E-state index is 11.6. The van der Waals surface area contributed by atoms with Crippen LogP contribution in [0.15, 0.2) is 29.6 Å². The van der Waals surface area contributed by atoms with Gasteiger partial charge in [0.1, 0.15) is 0 Å². The maximum absolute atomic E-state index is 11.6. The number of aromatic nitrogens is 1. The van der Waals surface area contributed by atoms with Gasteiger partial charge in [0.2, 0.25) is 0 Å². The molecular formula is C17H19N3O5S. The van der Waals surface area contributed by atoms with Crippen molar-refractivity contribution >= 4 is 28.5 Å². The Morgan fingerprint density at radius 3 is 3.08 bits per heavy atom. The van der Waals surface area contributed by atoms with E-state index in [-0.39, 0.29) is 6.10 Å². The smallest absolute Gasteiger partial charge is 0.405 e. The zero-order chi connectivity index (χ0) is 18.4. The molecule has 1 aliphatic rings. The number of amides is 2. The van der Waals surface area contributed by atoms with Crippen LogP contribution in [-0.4, -0.2) is 42.9 Å². The van der Waals surface area contributed by atoms with Gasteiger partial charge in [-0.3, -0.25) is 10.1 Å². The number of nitrogens with one attached hydrogen (secondary N) is 1. The van der Waals surface area contributed by atoms with E-state index in [0.29, 0.717) is 18.3 Å². The number of primary amides is 1. The fraction of sp³-hybridized carbons (Fsp3) is 0.353. The van der Waals surface area contributed by atoms with Gasteiger partial charge in [-0.25, -0.2) is 9.78 Å². The van der Waals surface area contributed by atoms with Crippen LogP contribution in [0.25, 0.3) is 11.3 Å². The molecule has 0 aliphatic carbocycles. The Bertz CT molecular complexity index is 773. The number of carbonyl (C=O) groups is 2. The lowest BCUT2D eigenvalue weighted by molar-refractivity contribution is -0.118. The Morgan fingerprint density at radius 2 is 2.31 bits per heavy atom. The highest BCUT2D eigenvalue weighted by Gasteiger charge is 2.16. The van der Waals surface area contributed by atoms with Gasteiger partial charge in [0.25, 0.3) is 5.91 Å². The van der Waals surface area contributed by atoms with Crippen LogP contribution in [0, 0.1) is 0 Å². The molecule has 8 nitrogen and oxygen atoms in total. The normalized spacial score (nSPS) is 16.4. The second-order valence-corrected chi connectivity index (χ2v) is 6.55. The first kappa shape index (κ1) is 18.3. The molecule has 0 spiro atoms. The highest BCUT2D eigenvalue weighted by Crippen LogP contribution is 2.26. The summed E-state index contributed by atoms with van der Waals surface area (Å²) in [5, 5.41) is 4.82. The van der Waals surface area contributed by atoms with Crippen LogP contribution in [0.4, 0.5) is 9.93 Å². The largest absolute Gasteiger partial charge is 0.440 e. The number of hydrogen-bond acceptors (Lipinski definition) is 7. The van der Waals surface area contributed by atoms with Gasteiger partial charge in [-0.05, 0) is 18.1 Å². The highest BCUT2D eigenvalue weighted by atomic mass is 32.1. The van der Waals surface area contributed by atoms with E-state index in [1.807, 2.05) is 29.6 Å². The molecule has 1 aliphatic heterocycles. The summed E-state index contributed by atoms with van der Waals surface area (Å²) in [6, 6.07) is 7.89. The SMILES string of the molecule is NC(=O)OCC(=O)Nc1nc(-c2cccc(COC3CCOC3)c2)cs1. The molecule has 2 aromatic rings. The Hall–Kier alpha value is -2.49. The Kier molecular flexibility index (Phi) is 6.16. The van der Waals surface area contributed by atoms with E-state index >= 15 is 0 Å². The zero-order valence-corrected chi connectivity index (χ0v) is 14.8. The molecule has 9 heteroatoms. The van der Waals surface area contributed by atoms with Crippen molar-refractivity contribution in [2.24, 2.45) is 5.73 Å². The quantitative estimate of drug-likeness (QED) is 0.764.